The molecule has 2 amide bonds. The van der Waals surface area contributed by atoms with Crippen molar-refractivity contribution in [2.24, 2.45) is 5.73 Å². The second kappa shape index (κ2) is 11.7. The third kappa shape index (κ3) is 6.71. The van der Waals surface area contributed by atoms with Crippen LogP contribution in [0.2, 0.25) is 0 Å². The van der Waals surface area contributed by atoms with Gasteiger partial charge in [0, 0.05) is 17.8 Å². The number of nitrogens with two attached hydrogens (primary N) is 1. The molecule has 2 atom stereocenters. The lowest BCUT2D eigenvalue weighted by atomic mass is 9.94. The van der Waals surface area contributed by atoms with Crippen molar-refractivity contribution < 1.29 is 27.5 Å². The van der Waals surface area contributed by atoms with Gasteiger partial charge in [-0.05, 0) is 54.3 Å². The average molecular weight is 508 g/mol. The Labute approximate surface area is 211 Å². The molecule has 1 aliphatic carbocycles. The Morgan fingerprint density at radius 3 is 2.57 bits per heavy atom. The standard InChI is InChI=1S/C28H24F3N3O3/c29-19-11-17(12-20(30)15-19)13-25(34-26(35)16-37-21-5-2-1-3-6-21)27-22(7-4-10-33-27)18-8-9-24(31)23(14-18)28(32)36/h1-5,7-12,14-15,21,25H,6,13,16H2,(H2,32,36)(H,34,35). The van der Waals surface area contributed by atoms with Gasteiger partial charge in [-0.3, -0.25) is 14.6 Å². The van der Waals surface area contributed by atoms with Gasteiger partial charge in [0.05, 0.1) is 23.4 Å². The Morgan fingerprint density at radius 1 is 1.08 bits per heavy atom. The minimum absolute atomic E-state index is 0.000371. The summed E-state index contributed by atoms with van der Waals surface area (Å²) in [4.78, 5) is 29.0. The zero-order valence-corrected chi connectivity index (χ0v) is 19.7. The number of halogens is 3. The van der Waals surface area contributed by atoms with Crippen molar-refractivity contribution in [3.63, 3.8) is 0 Å². The van der Waals surface area contributed by atoms with E-state index in [9.17, 15) is 22.8 Å². The quantitative estimate of drug-likeness (QED) is 0.444. The molecular weight excluding hydrogens is 483 g/mol. The first-order valence-corrected chi connectivity index (χ1v) is 11.5. The third-order valence-corrected chi connectivity index (χ3v) is 5.78. The van der Waals surface area contributed by atoms with E-state index in [0.29, 0.717) is 23.2 Å². The number of rotatable bonds is 9. The van der Waals surface area contributed by atoms with Gasteiger partial charge >= 0.3 is 0 Å². The van der Waals surface area contributed by atoms with E-state index in [1.54, 1.807) is 12.1 Å². The van der Waals surface area contributed by atoms with Gasteiger partial charge in [-0.25, -0.2) is 13.2 Å². The van der Waals surface area contributed by atoms with Crippen molar-refractivity contribution in [3.8, 4) is 11.1 Å². The third-order valence-electron chi connectivity index (χ3n) is 5.78. The van der Waals surface area contributed by atoms with Crippen molar-refractivity contribution in [3.05, 3.63) is 113 Å². The molecule has 4 rings (SSSR count). The molecule has 0 aliphatic heterocycles. The summed E-state index contributed by atoms with van der Waals surface area (Å²) in [6, 6.07) is 9.44. The van der Waals surface area contributed by atoms with E-state index in [2.05, 4.69) is 10.3 Å². The van der Waals surface area contributed by atoms with Crippen LogP contribution in [0.1, 0.15) is 34.1 Å². The van der Waals surface area contributed by atoms with Crippen LogP contribution in [0, 0.1) is 17.5 Å². The van der Waals surface area contributed by atoms with Gasteiger partial charge in [0.1, 0.15) is 24.1 Å². The van der Waals surface area contributed by atoms with Gasteiger partial charge in [-0.2, -0.15) is 0 Å². The molecule has 0 saturated heterocycles. The number of ether oxygens (including phenoxy) is 1. The van der Waals surface area contributed by atoms with Crippen LogP contribution in [0.3, 0.4) is 0 Å². The van der Waals surface area contributed by atoms with Crippen LogP contribution in [0.5, 0.6) is 0 Å². The highest BCUT2D eigenvalue weighted by Crippen LogP contribution is 2.30. The number of carbonyl (C=O) groups excluding carboxylic acids is 2. The molecule has 0 fully saturated rings. The normalized spacial score (nSPS) is 15.4. The Morgan fingerprint density at radius 2 is 1.86 bits per heavy atom. The fourth-order valence-corrected chi connectivity index (χ4v) is 4.10. The van der Waals surface area contributed by atoms with Crippen LogP contribution in [0.25, 0.3) is 11.1 Å². The Kier molecular flexibility index (Phi) is 8.15. The highest BCUT2D eigenvalue weighted by molar-refractivity contribution is 5.94. The molecule has 0 spiro atoms. The van der Waals surface area contributed by atoms with Crippen molar-refractivity contribution in [2.45, 2.75) is 25.0 Å². The van der Waals surface area contributed by atoms with Crippen molar-refractivity contribution >= 4 is 11.8 Å². The minimum atomic E-state index is -0.936. The maximum absolute atomic E-state index is 14.1. The maximum atomic E-state index is 14.1. The highest BCUT2D eigenvalue weighted by Gasteiger charge is 2.23. The number of nitrogens with one attached hydrogen (secondary N) is 1. The fraction of sp³-hybridized carbons (Fsp3) is 0.179. The molecule has 0 radical (unpaired) electrons. The van der Waals surface area contributed by atoms with Crippen LogP contribution in [0.15, 0.2) is 79.0 Å². The molecule has 2 unspecified atom stereocenters. The predicted molar refractivity (Wildman–Crippen MR) is 132 cm³/mol. The zero-order chi connectivity index (χ0) is 26.4. The van der Waals surface area contributed by atoms with E-state index >= 15 is 0 Å². The Hall–Kier alpha value is -4.24. The van der Waals surface area contributed by atoms with Crippen LogP contribution in [0.4, 0.5) is 13.2 Å². The number of pyridine rings is 1. The highest BCUT2D eigenvalue weighted by atomic mass is 19.1. The number of carbonyl (C=O) groups is 2. The Balaban J connectivity index is 1.67. The zero-order valence-electron chi connectivity index (χ0n) is 19.7. The minimum Gasteiger partial charge on any atom is -0.366 e. The Bertz CT molecular complexity index is 1350. The summed E-state index contributed by atoms with van der Waals surface area (Å²) in [5.74, 6) is -3.68. The molecule has 1 aromatic heterocycles. The summed E-state index contributed by atoms with van der Waals surface area (Å²) in [5, 5.41) is 2.84. The SMILES string of the molecule is NC(=O)c1cc(-c2cccnc2C(Cc2cc(F)cc(F)c2)NC(=O)COC2C=CC=CC2)ccc1F. The lowest BCUT2D eigenvalue weighted by Gasteiger charge is -2.22. The number of primary amides is 1. The lowest BCUT2D eigenvalue weighted by Crippen LogP contribution is -2.34. The summed E-state index contributed by atoms with van der Waals surface area (Å²) in [5.41, 5.74) is 6.55. The largest absolute Gasteiger partial charge is 0.366 e. The number of aromatic nitrogens is 1. The second-order valence-corrected chi connectivity index (χ2v) is 8.50. The van der Waals surface area contributed by atoms with E-state index in [0.717, 1.165) is 12.1 Å². The second-order valence-electron chi connectivity index (χ2n) is 8.50. The molecule has 190 valence electrons. The summed E-state index contributed by atoms with van der Waals surface area (Å²) in [6.07, 6.45) is 9.36. The van der Waals surface area contributed by atoms with Crippen LogP contribution < -0.4 is 11.1 Å². The van der Waals surface area contributed by atoms with Crippen LogP contribution >= 0.6 is 0 Å². The summed E-state index contributed by atoms with van der Waals surface area (Å²) < 4.78 is 47.6. The molecular formula is C28H24F3N3O3. The molecule has 2 aromatic carbocycles. The molecule has 6 nitrogen and oxygen atoms in total. The average Bonchev–Trinajstić information content (AvgIpc) is 2.87. The van der Waals surface area contributed by atoms with E-state index in [4.69, 9.17) is 10.5 Å². The first-order valence-electron chi connectivity index (χ1n) is 11.5. The molecule has 1 aliphatic rings. The first-order chi connectivity index (χ1) is 17.8. The molecule has 0 bridgehead atoms. The van der Waals surface area contributed by atoms with Crippen molar-refractivity contribution in [1.82, 2.24) is 10.3 Å². The van der Waals surface area contributed by atoms with Gasteiger partial charge in [0.2, 0.25) is 5.91 Å². The topological polar surface area (TPSA) is 94.3 Å². The van der Waals surface area contributed by atoms with E-state index < -0.39 is 35.3 Å². The van der Waals surface area contributed by atoms with Gasteiger partial charge in [-0.15, -0.1) is 0 Å². The summed E-state index contributed by atoms with van der Waals surface area (Å²) in [7, 11) is 0. The summed E-state index contributed by atoms with van der Waals surface area (Å²) >= 11 is 0. The fourth-order valence-electron chi connectivity index (χ4n) is 4.10. The van der Waals surface area contributed by atoms with Crippen molar-refractivity contribution in [1.29, 1.82) is 0 Å². The number of hydrogen-bond acceptors (Lipinski definition) is 4. The number of amides is 2. The number of allylic oxidation sites excluding steroid dienone is 2. The number of hydrogen-bond donors (Lipinski definition) is 2. The molecule has 1 heterocycles. The van der Waals surface area contributed by atoms with E-state index in [1.807, 2.05) is 24.3 Å². The molecule has 9 heteroatoms. The number of benzene rings is 2. The number of nitrogens with zero attached hydrogens (tertiary/aromatic N) is 1. The van der Waals surface area contributed by atoms with Crippen molar-refractivity contribution in [2.75, 3.05) is 6.61 Å². The molecule has 3 N–H and O–H groups in total. The molecule has 3 aromatic rings. The first kappa shape index (κ1) is 25.8. The van der Waals surface area contributed by atoms with Gasteiger partial charge in [0.25, 0.3) is 5.91 Å². The maximum Gasteiger partial charge on any atom is 0.251 e. The lowest BCUT2D eigenvalue weighted by molar-refractivity contribution is -0.127. The monoisotopic (exact) mass is 507 g/mol. The van der Waals surface area contributed by atoms with Gasteiger partial charge in [-0.1, -0.05) is 36.4 Å². The van der Waals surface area contributed by atoms with Gasteiger partial charge < -0.3 is 15.8 Å². The molecule has 0 saturated carbocycles. The van der Waals surface area contributed by atoms with E-state index in [-0.39, 0.29) is 30.3 Å². The smallest absolute Gasteiger partial charge is 0.251 e. The summed E-state index contributed by atoms with van der Waals surface area (Å²) in [6.45, 7) is -0.249. The molecule has 37 heavy (non-hydrogen) atoms. The van der Waals surface area contributed by atoms with Crippen LogP contribution in [-0.2, 0) is 16.0 Å². The van der Waals surface area contributed by atoms with Crippen LogP contribution in [-0.4, -0.2) is 29.5 Å². The predicted octanol–water partition coefficient (Wildman–Crippen LogP) is 4.57. The van der Waals surface area contributed by atoms with Gasteiger partial charge in [0.15, 0.2) is 0 Å². The van der Waals surface area contributed by atoms with E-state index in [1.165, 1.54) is 30.5 Å².